The standard InChI is InChI=1S/2C19H20FNO3.2C2H4O2.CH4O3S.3CH4/c2*20-15-3-1-13(2-4-15)17-7-8-21-10-14(17)11-22-16-5-6-18-19(9-16)24-12-23-18;2*1-2(3)4;1-5(2,3)4;;;/h2*1-6,9,14,17,21H,7-8,10-12H2;2*1H3,(H,3,4);1H3,(H,2,3,4);3*1H4/t2*14-,17-;;;;;;/m00....../s1. The molecule has 0 amide bonds. The quantitative estimate of drug-likeness (QED) is 0.105. The molecule has 64 heavy (non-hydrogen) atoms. The van der Waals surface area contributed by atoms with Gasteiger partial charge in [-0.05, 0) is 97.4 Å². The Morgan fingerprint density at radius 3 is 1.27 bits per heavy atom. The van der Waals surface area contributed by atoms with Crippen LogP contribution in [-0.4, -0.2) is 94.4 Å². The summed E-state index contributed by atoms with van der Waals surface area (Å²) in [6.45, 7) is 7.64. The van der Waals surface area contributed by atoms with Gasteiger partial charge in [-0.1, -0.05) is 46.5 Å². The van der Waals surface area contributed by atoms with Gasteiger partial charge in [-0.2, -0.15) is 8.42 Å². The summed E-state index contributed by atoms with van der Waals surface area (Å²) in [6, 6.07) is 25.0. The summed E-state index contributed by atoms with van der Waals surface area (Å²) in [5.74, 6) is 3.91. The maximum absolute atomic E-state index is 13.2. The minimum absolute atomic E-state index is 0. The zero-order valence-electron chi connectivity index (χ0n) is 34.1. The Labute approximate surface area is 375 Å². The number of benzene rings is 4. The van der Waals surface area contributed by atoms with Crippen molar-refractivity contribution in [1.29, 1.82) is 0 Å². The number of hydrogen-bond donors (Lipinski definition) is 5. The first-order valence-corrected chi connectivity index (χ1v) is 21.2. The molecule has 4 atom stereocenters. The molecule has 0 aromatic heterocycles. The Bertz CT molecular complexity index is 1960. The van der Waals surface area contributed by atoms with Gasteiger partial charge in [0.25, 0.3) is 22.1 Å². The number of aliphatic carboxylic acids is 2. The van der Waals surface area contributed by atoms with E-state index in [1.165, 1.54) is 35.4 Å². The molecule has 8 rings (SSSR count). The number of carboxylic acids is 2. The van der Waals surface area contributed by atoms with E-state index >= 15 is 0 Å². The van der Waals surface area contributed by atoms with E-state index in [1.807, 2.05) is 60.7 Å². The van der Waals surface area contributed by atoms with Crippen molar-refractivity contribution >= 4 is 22.1 Å². The average Bonchev–Trinajstić information content (AvgIpc) is 3.89. The van der Waals surface area contributed by atoms with E-state index in [2.05, 4.69) is 10.6 Å². The number of carboxylic acid groups (broad SMARTS) is 2. The van der Waals surface area contributed by atoms with Crippen LogP contribution in [0.1, 0.15) is 71.9 Å². The van der Waals surface area contributed by atoms with Crippen LogP contribution in [0.4, 0.5) is 8.78 Å². The number of halogens is 2. The molecule has 0 aliphatic carbocycles. The fourth-order valence-electron chi connectivity index (χ4n) is 6.83. The molecule has 4 aromatic rings. The number of ether oxygens (including phenoxy) is 6. The van der Waals surface area contributed by atoms with Crippen molar-refractivity contribution in [3.05, 3.63) is 108 Å². The van der Waals surface area contributed by atoms with Gasteiger partial charge >= 0.3 is 0 Å². The van der Waals surface area contributed by atoms with E-state index in [0.29, 0.717) is 43.1 Å². The van der Waals surface area contributed by atoms with Gasteiger partial charge in [-0.3, -0.25) is 14.1 Å². The van der Waals surface area contributed by atoms with E-state index in [0.717, 1.165) is 87.4 Å². The first-order chi connectivity index (χ1) is 29.0. The van der Waals surface area contributed by atoms with Gasteiger partial charge < -0.3 is 49.3 Å². The smallest absolute Gasteiger partial charge is 0.300 e. The van der Waals surface area contributed by atoms with Crippen LogP contribution >= 0.6 is 0 Å². The van der Waals surface area contributed by atoms with Gasteiger partial charge in [0.1, 0.15) is 23.1 Å². The number of hydrogen-bond acceptors (Lipinski definition) is 12. The molecule has 0 radical (unpaired) electrons. The lowest BCUT2D eigenvalue weighted by Crippen LogP contribution is -2.38. The van der Waals surface area contributed by atoms with Gasteiger partial charge in [0.05, 0.1) is 19.5 Å². The first kappa shape index (κ1) is 56.3. The molecule has 4 aromatic carbocycles. The molecule has 5 N–H and O–H groups in total. The third-order valence-electron chi connectivity index (χ3n) is 9.43. The van der Waals surface area contributed by atoms with Gasteiger partial charge in [-0.15, -0.1) is 0 Å². The van der Waals surface area contributed by atoms with Gasteiger partial charge in [0, 0.05) is 50.9 Å². The summed E-state index contributed by atoms with van der Waals surface area (Å²) in [4.78, 5) is 18.0. The number of piperidine rings is 2. The van der Waals surface area contributed by atoms with E-state index in [4.69, 9.17) is 52.8 Å². The van der Waals surface area contributed by atoms with Crippen LogP contribution in [0.25, 0.3) is 0 Å². The molecule has 4 aliphatic heterocycles. The van der Waals surface area contributed by atoms with Crippen LogP contribution in [0, 0.1) is 23.5 Å². The highest BCUT2D eigenvalue weighted by Crippen LogP contribution is 2.38. The van der Waals surface area contributed by atoms with Crippen molar-refractivity contribution in [3.63, 3.8) is 0 Å². The second-order valence-corrected chi connectivity index (χ2v) is 15.7. The lowest BCUT2D eigenvalue weighted by molar-refractivity contribution is -0.135. The van der Waals surface area contributed by atoms with E-state index < -0.39 is 22.1 Å². The third-order valence-corrected chi connectivity index (χ3v) is 9.43. The van der Waals surface area contributed by atoms with Gasteiger partial charge in [0.2, 0.25) is 13.6 Å². The van der Waals surface area contributed by atoms with Crippen LogP contribution in [0.2, 0.25) is 0 Å². The zero-order valence-corrected chi connectivity index (χ0v) is 34.9. The van der Waals surface area contributed by atoms with Crippen LogP contribution in [-0.2, 0) is 19.7 Å². The molecule has 2 fully saturated rings. The summed E-state index contributed by atoms with van der Waals surface area (Å²) in [5, 5.41) is 21.7. The van der Waals surface area contributed by atoms with E-state index in [-0.39, 0.29) is 47.5 Å². The lowest BCUT2D eigenvalue weighted by Gasteiger charge is -2.32. The maximum Gasteiger partial charge on any atom is 0.300 e. The second kappa shape index (κ2) is 28.2. The van der Waals surface area contributed by atoms with Crippen molar-refractivity contribution in [1.82, 2.24) is 10.6 Å². The van der Waals surface area contributed by atoms with Crippen molar-refractivity contribution in [2.75, 3.05) is 59.2 Å². The van der Waals surface area contributed by atoms with Gasteiger partial charge in [-0.25, -0.2) is 8.78 Å². The molecular formula is C46H64F2N2O13S. The first-order valence-electron chi connectivity index (χ1n) is 19.3. The normalized spacial score (nSPS) is 18.5. The number of carbonyl (C=O) groups is 2. The highest BCUT2D eigenvalue weighted by atomic mass is 32.2. The monoisotopic (exact) mass is 922 g/mol. The fraction of sp³-hybridized carbons (Fsp3) is 0.435. The molecule has 2 saturated heterocycles. The Morgan fingerprint density at radius 1 is 0.625 bits per heavy atom. The molecule has 18 heteroatoms. The third kappa shape index (κ3) is 20.2. The largest absolute Gasteiger partial charge is 0.493 e. The SMILES string of the molecule is C.C.C.CC(=O)O.CC(=O)O.CS(=O)(=O)O.Fc1ccc([C@@H]2CCNC[C@H]2COc2ccc3c(c2)OCO3)cc1.Fc1ccc([C@@H]2CCNC[C@H]2COc2ccc3c(c2)OCO3)cc1. The summed E-state index contributed by atoms with van der Waals surface area (Å²) in [7, 11) is -3.67. The van der Waals surface area contributed by atoms with E-state index in [1.54, 1.807) is 0 Å². The summed E-state index contributed by atoms with van der Waals surface area (Å²) >= 11 is 0. The number of nitrogens with one attached hydrogen (secondary N) is 2. The molecule has 0 spiro atoms. The molecule has 0 bridgehead atoms. The highest BCUT2D eigenvalue weighted by Gasteiger charge is 2.29. The molecule has 0 saturated carbocycles. The topological polar surface area (TPSA) is 208 Å². The Balaban J connectivity index is 0.000000486. The van der Waals surface area contributed by atoms with Crippen LogP contribution < -0.4 is 39.1 Å². The van der Waals surface area contributed by atoms with Crippen molar-refractivity contribution in [2.45, 2.75) is 60.8 Å². The number of fused-ring (bicyclic) bond motifs is 2. The molecule has 4 heterocycles. The number of rotatable bonds is 8. The minimum atomic E-state index is -3.67. The molecule has 15 nitrogen and oxygen atoms in total. The highest BCUT2D eigenvalue weighted by molar-refractivity contribution is 7.85. The maximum atomic E-state index is 13.2. The Kier molecular flexibility index (Phi) is 24.8. The fourth-order valence-corrected chi connectivity index (χ4v) is 6.83. The Morgan fingerprint density at radius 2 is 0.938 bits per heavy atom. The molecule has 4 aliphatic rings. The molecular weight excluding hydrogens is 859 g/mol. The van der Waals surface area contributed by atoms with Crippen LogP contribution in [0.5, 0.6) is 34.5 Å². The Hall–Kier alpha value is -5.69. The van der Waals surface area contributed by atoms with Crippen LogP contribution in [0.3, 0.4) is 0 Å². The lowest BCUT2D eigenvalue weighted by atomic mass is 9.81. The predicted octanol–water partition coefficient (Wildman–Crippen LogP) is 8.25. The predicted molar refractivity (Wildman–Crippen MR) is 241 cm³/mol. The second-order valence-electron chi connectivity index (χ2n) is 14.2. The molecule has 0 unspecified atom stereocenters. The van der Waals surface area contributed by atoms with Crippen LogP contribution in [0.15, 0.2) is 84.9 Å². The summed E-state index contributed by atoms with van der Waals surface area (Å²) in [6.07, 6.45) is 2.77. The summed E-state index contributed by atoms with van der Waals surface area (Å²) < 4.78 is 85.6. The van der Waals surface area contributed by atoms with E-state index in [9.17, 15) is 17.2 Å². The van der Waals surface area contributed by atoms with Crippen molar-refractivity contribution in [3.8, 4) is 34.5 Å². The summed E-state index contributed by atoms with van der Waals surface area (Å²) in [5.41, 5.74) is 2.36. The average molecular weight is 923 g/mol. The van der Waals surface area contributed by atoms with Gasteiger partial charge in [0.15, 0.2) is 23.0 Å². The van der Waals surface area contributed by atoms with Crippen molar-refractivity contribution in [2.24, 2.45) is 11.8 Å². The minimum Gasteiger partial charge on any atom is -0.493 e. The zero-order chi connectivity index (χ0) is 44.4. The van der Waals surface area contributed by atoms with Crippen molar-refractivity contribution < 1.29 is 70.0 Å². The molecule has 356 valence electrons.